The molecule has 1 saturated carbocycles. The molecule has 4 atom stereocenters. The van der Waals surface area contributed by atoms with Gasteiger partial charge in [-0.25, -0.2) is 9.37 Å². The molecule has 0 amide bonds. The molecule has 2 N–H and O–H groups in total. The highest BCUT2D eigenvalue weighted by Gasteiger charge is 2.55. The summed E-state index contributed by atoms with van der Waals surface area (Å²) in [6, 6.07) is 9.96. The molecule has 1 aromatic carbocycles. The molecule has 32 heavy (non-hydrogen) atoms. The van der Waals surface area contributed by atoms with E-state index in [0.717, 1.165) is 0 Å². The number of nitriles is 1. The van der Waals surface area contributed by atoms with Gasteiger partial charge < -0.3 is 5.73 Å². The molecule has 1 aromatic heterocycles. The Morgan fingerprint density at radius 1 is 1.03 bits per heavy atom. The minimum Gasteiger partial charge on any atom is -0.379 e. The number of alkyl halides is 2. The normalized spacial score (nSPS) is 21.7. The first-order valence-electron chi connectivity index (χ1n) is 10.00. The number of aliphatic imine (C=N–C) groups is 1. The van der Waals surface area contributed by atoms with Gasteiger partial charge in [-0.1, -0.05) is 38.5 Å². The number of fused-ring (bicyclic) bond motifs is 1. The van der Waals surface area contributed by atoms with Crippen LogP contribution in [0.2, 0.25) is 0 Å². The van der Waals surface area contributed by atoms with Gasteiger partial charge in [0.25, 0.3) is 0 Å². The minimum absolute atomic E-state index is 0.244. The zero-order valence-corrected chi connectivity index (χ0v) is 19.6. The van der Waals surface area contributed by atoms with Crippen LogP contribution < -0.4 is 5.73 Å². The van der Waals surface area contributed by atoms with Gasteiger partial charge in [0.1, 0.15) is 17.6 Å². The summed E-state index contributed by atoms with van der Waals surface area (Å²) in [4.78, 5) is 8.61. The van der Waals surface area contributed by atoms with Crippen LogP contribution in [0.15, 0.2) is 41.5 Å². The third-order valence-corrected chi connectivity index (χ3v) is 6.16. The van der Waals surface area contributed by atoms with E-state index in [1.54, 1.807) is 36.0 Å². The molecule has 2 aromatic rings. The molecule has 0 saturated heterocycles. The molecule has 0 radical (unpaired) electrons. The van der Waals surface area contributed by atoms with Crippen LogP contribution in [0, 0.1) is 40.8 Å². The lowest BCUT2D eigenvalue weighted by molar-refractivity contribution is 0.538. The molecule has 0 bridgehead atoms. The molecule has 4 rings (SSSR count). The smallest absolute Gasteiger partial charge is 0.154 e. The fraction of sp³-hybridized carbons (Fsp3) is 0.375. The topological polar surface area (TPSA) is 75.1 Å². The van der Waals surface area contributed by atoms with Gasteiger partial charge in [-0.05, 0) is 42.2 Å². The zero-order valence-electron chi connectivity index (χ0n) is 18.7. The molecule has 1 aliphatic carbocycles. The molecule has 1 fully saturated rings. The van der Waals surface area contributed by atoms with Gasteiger partial charge in [-0.2, -0.15) is 5.26 Å². The Kier molecular flexibility index (Phi) is 11.4. The number of amidine groups is 1. The molecule has 2 aliphatic rings. The number of nitrogens with zero attached hydrogens (tertiary/aromatic N) is 3. The Hall–Kier alpha value is -2.97. The number of thioether (sulfide) groups is 1. The van der Waals surface area contributed by atoms with E-state index >= 15 is 0 Å². The molecule has 0 spiro atoms. The number of hydrogen-bond donors (Lipinski definition) is 1. The van der Waals surface area contributed by atoms with E-state index < -0.39 is 0 Å². The summed E-state index contributed by atoms with van der Waals surface area (Å²) >= 11 is 1.59. The molecule has 3 unspecified atom stereocenters. The number of rotatable bonds is 1. The maximum Gasteiger partial charge on any atom is 0.154 e. The Balaban J connectivity index is 0.000000789. The Labute approximate surface area is 192 Å². The minimum atomic E-state index is -0.279. The molecule has 2 heterocycles. The van der Waals surface area contributed by atoms with Gasteiger partial charge in [0.15, 0.2) is 5.17 Å². The van der Waals surface area contributed by atoms with Crippen molar-refractivity contribution in [2.45, 2.75) is 32.1 Å². The van der Waals surface area contributed by atoms with Crippen LogP contribution in [0.5, 0.6) is 0 Å². The monoisotopic (exact) mass is 460 g/mol. The molecular formula is C24H27F3N4S. The Bertz CT molecular complexity index is 1010. The second-order valence-electron chi connectivity index (χ2n) is 6.46. The fourth-order valence-electron chi connectivity index (χ4n) is 3.30. The predicted octanol–water partition coefficient (Wildman–Crippen LogP) is 5.43. The first kappa shape index (κ1) is 27.1. The zero-order chi connectivity index (χ0) is 24.3. The van der Waals surface area contributed by atoms with E-state index in [0.29, 0.717) is 59.0 Å². The fourth-order valence-corrected chi connectivity index (χ4v) is 4.61. The van der Waals surface area contributed by atoms with E-state index in [-0.39, 0.29) is 11.9 Å². The number of pyridine rings is 1. The summed E-state index contributed by atoms with van der Waals surface area (Å²) in [5.74, 6) is 6.48. The Morgan fingerprint density at radius 3 is 2.28 bits per heavy atom. The third kappa shape index (κ3) is 6.51. The van der Waals surface area contributed by atoms with Crippen LogP contribution in [0.25, 0.3) is 0 Å². The van der Waals surface area contributed by atoms with Crippen LogP contribution in [-0.2, 0) is 0 Å². The van der Waals surface area contributed by atoms with Crippen molar-refractivity contribution in [2.24, 2.45) is 22.6 Å². The number of halogens is 3. The van der Waals surface area contributed by atoms with Crippen molar-refractivity contribution < 1.29 is 13.2 Å². The van der Waals surface area contributed by atoms with Crippen LogP contribution in [0.3, 0.4) is 0 Å². The highest BCUT2D eigenvalue weighted by Crippen LogP contribution is 2.58. The van der Waals surface area contributed by atoms with E-state index in [9.17, 15) is 13.2 Å². The largest absolute Gasteiger partial charge is 0.379 e. The van der Waals surface area contributed by atoms with Crippen LogP contribution in [-0.4, -0.2) is 29.8 Å². The molecular weight excluding hydrogens is 433 g/mol. The summed E-state index contributed by atoms with van der Waals surface area (Å²) in [6.45, 7) is 6.15. The van der Waals surface area contributed by atoms with Gasteiger partial charge in [0.05, 0.1) is 26.0 Å². The van der Waals surface area contributed by atoms with Crippen LogP contribution in [0.4, 0.5) is 13.2 Å². The van der Waals surface area contributed by atoms with E-state index in [1.165, 1.54) is 12.3 Å². The van der Waals surface area contributed by atoms with Crippen molar-refractivity contribution in [1.82, 2.24) is 4.98 Å². The van der Waals surface area contributed by atoms with E-state index in [4.69, 9.17) is 11.0 Å². The maximum atomic E-state index is 14.4. The average Bonchev–Trinajstić information content (AvgIpc) is 3.51. The summed E-state index contributed by atoms with van der Waals surface area (Å²) in [6.07, 6.45) is 1.48. The summed E-state index contributed by atoms with van der Waals surface area (Å²) in [5, 5.41) is 9.75. The average molecular weight is 461 g/mol. The third-order valence-electron chi connectivity index (χ3n) is 4.79. The van der Waals surface area contributed by atoms with Crippen molar-refractivity contribution in [2.75, 3.05) is 14.4 Å². The van der Waals surface area contributed by atoms with Crippen molar-refractivity contribution in [3.8, 4) is 17.9 Å². The van der Waals surface area contributed by atoms with Gasteiger partial charge in [-0.15, -0.1) is 0 Å². The van der Waals surface area contributed by atoms with Crippen LogP contribution in [0.1, 0.15) is 49.2 Å². The summed E-state index contributed by atoms with van der Waals surface area (Å²) < 4.78 is 33.4. The van der Waals surface area contributed by atoms with Gasteiger partial charge in [0.2, 0.25) is 0 Å². The van der Waals surface area contributed by atoms with Gasteiger partial charge in [0, 0.05) is 28.5 Å². The van der Waals surface area contributed by atoms with E-state index in [2.05, 4.69) is 28.7 Å². The molecule has 170 valence electrons. The van der Waals surface area contributed by atoms with Crippen molar-refractivity contribution in [3.05, 3.63) is 64.7 Å². The summed E-state index contributed by atoms with van der Waals surface area (Å²) in [5.41, 5.74) is 8.21. The number of hydrogen-bond acceptors (Lipinski definition) is 5. The number of aromatic nitrogens is 1. The van der Waals surface area contributed by atoms with Crippen LogP contribution >= 0.6 is 11.8 Å². The highest BCUT2D eigenvalue weighted by atomic mass is 32.2. The van der Waals surface area contributed by atoms with Gasteiger partial charge >= 0.3 is 0 Å². The first-order valence-corrected chi connectivity index (χ1v) is 10.9. The second-order valence-corrected chi connectivity index (χ2v) is 7.66. The van der Waals surface area contributed by atoms with Crippen molar-refractivity contribution in [1.29, 1.82) is 5.26 Å². The standard InChI is InChI=1S/C20H15FN4S.C2H6.2CH3F/c1-11-17-18(25-20(23)26-19(11)17)15-8-12(4-7-16(15)21)2-5-14-6-3-13(9-22)10-24-14;3*1-2/h3-4,6-8,10-11,17-19H,1H3,(H2,23,25);1-2H3;2*1H3/t11-,17?,18?,19?;;;/m0.../s1. The predicted molar refractivity (Wildman–Crippen MR) is 125 cm³/mol. The van der Waals surface area contributed by atoms with Crippen molar-refractivity contribution >= 4 is 16.9 Å². The SMILES string of the molecule is CC.CF.CF.C[C@@H]1C2SC(N)=NC(c3cc(C#Cc4ccc(C#N)cn4)ccc3F)C21. The summed E-state index contributed by atoms with van der Waals surface area (Å²) in [7, 11) is 1.00. The van der Waals surface area contributed by atoms with Crippen molar-refractivity contribution in [3.63, 3.8) is 0 Å². The second kappa shape index (κ2) is 13.4. The lowest BCUT2D eigenvalue weighted by atomic mass is 9.99. The Morgan fingerprint density at radius 2 is 1.69 bits per heavy atom. The quantitative estimate of drug-likeness (QED) is 0.576. The first-order chi connectivity index (χ1) is 15.6. The highest BCUT2D eigenvalue weighted by molar-refractivity contribution is 8.14. The molecule has 4 nitrogen and oxygen atoms in total. The lowest BCUT2D eigenvalue weighted by Crippen LogP contribution is -2.17. The molecule has 1 aliphatic heterocycles. The number of benzene rings is 1. The van der Waals surface area contributed by atoms with E-state index in [1.807, 2.05) is 19.9 Å². The maximum absolute atomic E-state index is 14.4. The molecule has 8 heteroatoms. The lowest BCUT2D eigenvalue weighted by Gasteiger charge is -2.18. The van der Waals surface area contributed by atoms with Gasteiger partial charge in [-0.3, -0.25) is 13.8 Å². The number of nitrogens with two attached hydrogens (primary N) is 1.